The van der Waals surface area contributed by atoms with Crippen LogP contribution < -0.4 is 4.90 Å². The molecule has 2 aliphatic heterocycles. The first-order chi connectivity index (χ1) is 14.3. The second-order valence-corrected chi connectivity index (χ2v) is 9.82. The molecular weight excluding hydrogens is 358 g/mol. The first kappa shape index (κ1) is 16.7. The van der Waals surface area contributed by atoms with Crippen LogP contribution in [0.4, 0.5) is 11.4 Å². The van der Waals surface area contributed by atoms with Crippen LogP contribution in [0.3, 0.4) is 0 Å². The van der Waals surface area contributed by atoms with E-state index < -0.39 is 0 Å². The van der Waals surface area contributed by atoms with Crippen LogP contribution in [-0.4, -0.2) is 13.7 Å². The van der Waals surface area contributed by atoms with Gasteiger partial charge in [-0.15, -0.1) is 0 Å². The van der Waals surface area contributed by atoms with Crippen molar-refractivity contribution < 1.29 is 9.78 Å². The maximum atomic E-state index is 5.45. The lowest BCUT2D eigenvalue weighted by atomic mass is 9.53. The van der Waals surface area contributed by atoms with Crippen LogP contribution in [0.2, 0.25) is 0 Å². The highest BCUT2D eigenvalue weighted by atomic mass is 17.2. The SMILES string of the molecule is CN1c2ccccc2C(=C2C3CC4CC(C3)CC2C4)c2cccc(C3COO3)c21. The third-order valence-corrected chi connectivity index (χ3v) is 8.26. The Labute approximate surface area is 172 Å². The second kappa shape index (κ2) is 5.96. The fourth-order valence-electron chi connectivity index (χ4n) is 7.33. The zero-order chi connectivity index (χ0) is 19.1. The van der Waals surface area contributed by atoms with E-state index in [1.54, 1.807) is 11.1 Å². The quantitative estimate of drug-likeness (QED) is 0.560. The van der Waals surface area contributed by atoms with Crippen LogP contribution in [-0.2, 0) is 9.78 Å². The summed E-state index contributed by atoms with van der Waals surface area (Å²) in [6, 6.07) is 15.8. The van der Waals surface area contributed by atoms with E-state index in [2.05, 4.69) is 54.4 Å². The van der Waals surface area contributed by atoms with Gasteiger partial charge < -0.3 is 4.90 Å². The molecule has 1 unspecified atom stereocenters. The van der Waals surface area contributed by atoms with Crippen LogP contribution >= 0.6 is 0 Å². The number of para-hydroxylation sites is 2. The molecule has 8 rings (SSSR count). The van der Waals surface area contributed by atoms with Crippen molar-refractivity contribution in [2.45, 2.75) is 38.2 Å². The summed E-state index contributed by atoms with van der Waals surface area (Å²) in [5, 5.41) is 0. The lowest BCUT2D eigenvalue weighted by Crippen LogP contribution is -2.41. The van der Waals surface area contributed by atoms with Gasteiger partial charge >= 0.3 is 0 Å². The van der Waals surface area contributed by atoms with Gasteiger partial charge in [-0.05, 0) is 67.4 Å². The molecule has 4 aliphatic carbocycles. The van der Waals surface area contributed by atoms with Crippen LogP contribution in [0, 0.1) is 23.7 Å². The first-order valence-electron chi connectivity index (χ1n) is 11.3. The summed E-state index contributed by atoms with van der Waals surface area (Å²) in [7, 11) is 2.21. The Kier molecular flexibility index (Phi) is 3.43. The third-order valence-electron chi connectivity index (χ3n) is 8.26. The molecule has 2 heterocycles. The van der Waals surface area contributed by atoms with Gasteiger partial charge in [-0.3, -0.25) is 0 Å². The van der Waals surface area contributed by atoms with E-state index in [-0.39, 0.29) is 6.10 Å². The fraction of sp³-hybridized carbons (Fsp3) is 0.462. The number of nitrogens with zero attached hydrogens (tertiary/aromatic N) is 1. The molecule has 2 aromatic rings. The minimum absolute atomic E-state index is 0.0439. The van der Waals surface area contributed by atoms with Crippen molar-refractivity contribution in [3.8, 4) is 0 Å². The van der Waals surface area contributed by atoms with Crippen molar-refractivity contribution >= 4 is 16.9 Å². The Morgan fingerprint density at radius 1 is 0.828 bits per heavy atom. The smallest absolute Gasteiger partial charge is 0.146 e. The molecule has 6 aliphatic rings. The van der Waals surface area contributed by atoms with Crippen molar-refractivity contribution in [2.24, 2.45) is 23.7 Å². The first-order valence-corrected chi connectivity index (χ1v) is 11.3. The van der Waals surface area contributed by atoms with Gasteiger partial charge in [0.2, 0.25) is 0 Å². The fourth-order valence-corrected chi connectivity index (χ4v) is 7.33. The zero-order valence-electron chi connectivity index (χ0n) is 16.9. The summed E-state index contributed by atoms with van der Waals surface area (Å²) in [6.07, 6.45) is 7.20. The van der Waals surface area contributed by atoms with Crippen molar-refractivity contribution in [1.82, 2.24) is 0 Å². The van der Waals surface area contributed by atoms with Crippen molar-refractivity contribution in [2.75, 3.05) is 18.6 Å². The Morgan fingerprint density at radius 2 is 1.52 bits per heavy atom. The second-order valence-electron chi connectivity index (χ2n) is 9.82. The zero-order valence-corrected chi connectivity index (χ0v) is 16.9. The molecule has 0 N–H and O–H groups in total. The number of benzene rings is 2. The van der Waals surface area contributed by atoms with Gasteiger partial charge in [-0.2, -0.15) is 0 Å². The Balaban J connectivity index is 1.51. The number of anilines is 2. The van der Waals surface area contributed by atoms with Crippen LogP contribution in [0.1, 0.15) is 54.9 Å². The largest absolute Gasteiger partial charge is 0.343 e. The molecule has 0 amide bonds. The maximum absolute atomic E-state index is 5.45. The Bertz CT molecular complexity index is 1000. The van der Waals surface area contributed by atoms with Crippen molar-refractivity contribution in [3.05, 3.63) is 64.7 Å². The maximum Gasteiger partial charge on any atom is 0.146 e. The normalized spacial score (nSPS) is 34.1. The Morgan fingerprint density at radius 3 is 2.21 bits per heavy atom. The number of hydrogen-bond donors (Lipinski definition) is 0. The summed E-state index contributed by atoms with van der Waals surface area (Å²) in [5.41, 5.74) is 10.0. The van der Waals surface area contributed by atoms with Crippen LogP contribution in [0.25, 0.3) is 5.57 Å². The number of hydrogen-bond acceptors (Lipinski definition) is 3. The number of rotatable bonds is 1. The topological polar surface area (TPSA) is 21.7 Å². The molecule has 29 heavy (non-hydrogen) atoms. The summed E-state index contributed by atoms with van der Waals surface area (Å²) in [6.45, 7) is 0.645. The van der Waals surface area contributed by atoms with E-state index >= 15 is 0 Å². The van der Waals surface area contributed by atoms with Gasteiger partial charge in [0.25, 0.3) is 0 Å². The van der Waals surface area contributed by atoms with E-state index in [1.165, 1.54) is 60.2 Å². The van der Waals surface area contributed by atoms with Crippen molar-refractivity contribution in [3.63, 3.8) is 0 Å². The van der Waals surface area contributed by atoms with Crippen LogP contribution in [0.5, 0.6) is 0 Å². The highest BCUT2D eigenvalue weighted by Gasteiger charge is 2.47. The van der Waals surface area contributed by atoms with Gasteiger partial charge in [0.1, 0.15) is 12.7 Å². The molecular formula is C26H27NO2. The molecule has 3 nitrogen and oxygen atoms in total. The molecule has 4 saturated carbocycles. The highest BCUT2D eigenvalue weighted by Crippen LogP contribution is 2.60. The standard InChI is InChI=1S/C26H27NO2/c1-27-22-8-3-2-5-19(22)25(21-7-4-6-20(26(21)27)23-14-28-29-23)24-17-10-15-9-16(12-17)13-18(24)11-15/h2-8,15-18,23H,9-14H2,1H3. The van der Waals surface area contributed by atoms with E-state index in [1.807, 2.05) is 0 Å². The summed E-state index contributed by atoms with van der Waals surface area (Å²) in [5.74, 6) is 3.54. The van der Waals surface area contributed by atoms with Gasteiger partial charge in [-0.25, -0.2) is 9.78 Å². The molecule has 2 aromatic carbocycles. The predicted octanol–water partition coefficient (Wildman–Crippen LogP) is 6.03. The molecule has 4 bridgehead atoms. The number of allylic oxidation sites excluding steroid dienone is 1. The molecule has 0 spiro atoms. The predicted molar refractivity (Wildman–Crippen MR) is 114 cm³/mol. The summed E-state index contributed by atoms with van der Waals surface area (Å²) in [4.78, 5) is 12.9. The minimum Gasteiger partial charge on any atom is -0.343 e. The van der Waals surface area contributed by atoms with Crippen molar-refractivity contribution in [1.29, 1.82) is 0 Å². The third kappa shape index (κ3) is 2.26. The van der Waals surface area contributed by atoms with E-state index in [0.717, 1.165) is 23.7 Å². The molecule has 0 aromatic heterocycles. The number of fused-ring (bicyclic) bond motifs is 2. The van der Waals surface area contributed by atoms with E-state index in [4.69, 9.17) is 9.78 Å². The van der Waals surface area contributed by atoms with Crippen LogP contribution in [0.15, 0.2) is 48.0 Å². The molecule has 0 radical (unpaired) electrons. The van der Waals surface area contributed by atoms with Gasteiger partial charge in [0, 0.05) is 29.4 Å². The molecule has 1 saturated heterocycles. The molecule has 148 valence electrons. The monoisotopic (exact) mass is 385 g/mol. The lowest BCUT2D eigenvalue weighted by Gasteiger charge is -2.53. The molecule has 1 atom stereocenters. The van der Waals surface area contributed by atoms with Gasteiger partial charge in [-0.1, -0.05) is 42.0 Å². The molecule has 3 heteroatoms. The van der Waals surface area contributed by atoms with E-state index in [9.17, 15) is 0 Å². The molecule has 5 fully saturated rings. The summed E-state index contributed by atoms with van der Waals surface area (Å²) >= 11 is 0. The highest BCUT2D eigenvalue weighted by molar-refractivity contribution is 6.00. The van der Waals surface area contributed by atoms with Gasteiger partial charge in [0.15, 0.2) is 0 Å². The van der Waals surface area contributed by atoms with Gasteiger partial charge in [0.05, 0.1) is 5.69 Å². The minimum atomic E-state index is 0.0439. The Hall–Kier alpha value is -2.10. The average molecular weight is 386 g/mol. The average Bonchev–Trinajstić information content (AvgIpc) is 2.68. The lowest BCUT2D eigenvalue weighted by molar-refractivity contribution is -0.429. The van der Waals surface area contributed by atoms with E-state index in [0.29, 0.717) is 6.61 Å². The summed E-state index contributed by atoms with van der Waals surface area (Å²) < 4.78 is 0.